The smallest absolute Gasteiger partial charge is 0.550 e. The number of aliphatic carboxylic acids is 1. The molecule has 0 radical (unpaired) electrons. The average molecular weight is 518 g/mol. The van der Waals surface area contributed by atoms with E-state index in [1.165, 1.54) is 12.1 Å². The fraction of sp³-hybridized carbons (Fsp3) is 0.370. The van der Waals surface area contributed by atoms with Gasteiger partial charge in [-0.05, 0) is 55.5 Å². The molecule has 2 aromatic carbocycles. The Balaban J connectivity index is 0.00000380. The van der Waals surface area contributed by atoms with E-state index in [1.54, 1.807) is 12.1 Å². The molecule has 3 N–H and O–H groups in total. The number of halogens is 1. The van der Waals surface area contributed by atoms with Gasteiger partial charge in [0.25, 0.3) is 5.91 Å². The predicted octanol–water partition coefficient (Wildman–Crippen LogP) is -0.857. The second-order valence-corrected chi connectivity index (χ2v) is 9.18. The van der Waals surface area contributed by atoms with Gasteiger partial charge >= 0.3 is 29.6 Å². The van der Waals surface area contributed by atoms with E-state index >= 15 is 0 Å². The van der Waals surface area contributed by atoms with Crippen LogP contribution in [-0.4, -0.2) is 43.8 Å². The molecule has 1 aliphatic carbocycles. The van der Waals surface area contributed by atoms with Gasteiger partial charge in [-0.25, -0.2) is 9.37 Å². The number of benzene rings is 2. The SMILES string of the molecule is O=C([O-])CC(O)CC(O)CCn1c(-c2ccc(F)cc2)nc(C(=O)NCc2ccccc2)c1C1CC1.[Na+]. The molecule has 190 valence electrons. The molecule has 1 fully saturated rings. The Morgan fingerprint density at radius 2 is 1.76 bits per heavy atom. The number of aliphatic hydroxyl groups excluding tert-OH is 2. The number of nitrogens with one attached hydrogen (secondary N) is 1. The molecule has 0 saturated heterocycles. The van der Waals surface area contributed by atoms with E-state index in [4.69, 9.17) is 0 Å². The van der Waals surface area contributed by atoms with Crippen molar-refractivity contribution < 1.29 is 58.9 Å². The number of carboxylic acids is 1. The molecule has 1 aromatic heterocycles. The molecule has 1 aliphatic rings. The minimum Gasteiger partial charge on any atom is -0.550 e. The topological polar surface area (TPSA) is 128 Å². The van der Waals surface area contributed by atoms with Crippen LogP contribution in [0.1, 0.15) is 59.8 Å². The van der Waals surface area contributed by atoms with E-state index in [0.29, 0.717) is 23.6 Å². The summed E-state index contributed by atoms with van der Waals surface area (Å²) in [5.74, 6) is -1.45. The fourth-order valence-corrected chi connectivity index (χ4v) is 4.30. The Morgan fingerprint density at radius 1 is 1.08 bits per heavy atom. The van der Waals surface area contributed by atoms with E-state index in [2.05, 4.69) is 10.3 Å². The average Bonchev–Trinajstić information content (AvgIpc) is 3.61. The number of aromatic nitrogens is 2. The largest absolute Gasteiger partial charge is 1.00 e. The van der Waals surface area contributed by atoms with Crippen molar-refractivity contribution in [2.24, 2.45) is 0 Å². The molecule has 1 saturated carbocycles. The molecule has 10 heteroatoms. The molecule has 4 rings (SSSR count). The third kappa shape index (κ3) is 7.96. The van der Waals surface area contributed by atoms with Crippen molar-refractivity contribution in [3.8, 4) is 11.4 Å². The number of hydrogen-bond acceptors (Lipinski definition) is 6. The molecule has 1 heterocycles. The van der Waals surface area contributed by atoms with Gasteiger partial charge in [-0.15, -0.1) is 0 Å². The summed E-state index contributed by atoms with van der Waals surface area (Å²) in [4.78, 5) is 28.6. The molecule has 8 nitrogen and oxygen atoms in total. The number of aliphatic hydroxyl groups is 2. The van der Waals surface area contributed by atoms with Crippen molar-refractivity contribution in [3.63, 3.8) is 0 Å². The zero-order valence-electron chi connectivity index (χ0n) is 20.8. The summed E-state index contributed by atoms with van der Waals surface area (Å²) in [5.41, 5.74) is 2.66. The summed E-state index contributed by atoms with van der Waals surface area (Å²) in [6.07, 6.45) is -0.836. The van der Waals surface area contributed by atoms with Crippen molar-refractivity contribution >= 4 is 11.9 Å². The second-order valence-electron chi connectivity index (χ2n) is 9.18. The van der Waals surface area contributed by atoms with E-state index in [9.17, 15) is 29.3 Å². The molecular formula is C27H29FN3NaO5. The Hall–Kier alpha value is -2.56. The predicted molar refractivity (Wildman–Crippen MR) is 128 cm³/mol. The first kappa shape index (κ1) is 29.0. The Labute approximate surface area is 236 Å². The number of nitrogens with zero attached hydrogens (tertiary/aromatic N) is 2. The maximum atomic E-state index is 13.6. The number of carbonyl (C=O) groups excluding carboxylic acids is 2. The van der Waals surface area contributed by atoms with Gasteiger partial charge in [-0.3, -0.25) is 4.79 Å². The minimum absolute atomic E-state index is 0. The van der Waals surface area contributed by atoms with Gasteiger partial charge in [0.15, 0.2) is 0 Å². The molecule has 2 unspecified atom stereocenters. The van der Waals surface area contributed by atoms with Gasteiger partial charge in [0.1, 0.15) is 17.3 Å². The van der Waals surface area contributed by atoms with Crippen LogP contribution in [0.15, 0.2) is 54.6 Å². The first-order chi connectivity index (χ1) is 17.3. The molecule has 0 bridgehead atoms. The van der Waals surface area contributed by atoms with Crippen molar-refractivity contribution in [2.75, 3.05) is 0 Å². The van der Waals surface area contributed by atoms with Crippen LogP contribution >= 0.6 is 0 Å². The molecule has 0 spiro atoms. The van der Waals surface area contributed by atoms with Crippen LogP contribution in [0.25, 0.3) is 11.4 Å². The minimum atomic E-state index is -1.38. The summed E-state index contributed by atoms with van der Waals surface area (Å²) < 4.78 is 15.5. The second kappa shape index (κ2) is 13.3. The van der Waals surface area contributed by atoms with E-state index in [0.717, 1.165) is 24.1 Å². The third-order valence-electron chi connectivity index (χ3n) is 6.22. The zero-order valence-corrected chi connectivity index (χ0v) is 22.8. The number of rotatable bonds is 12. The normalized spacial score (nSPS) is 14.5. The van der Waals surface area contributed by atoms with Crippen molar-refractivity contribution in [1.29, 1.82) is 0 Å². The van der Waals surface area contributed by atoms with Gasteiger partial charge in [0.2, 0.25) is 0 Å². The van der Waals surface area contributed by atoms with Gasteiger partial charge < -0.3 is 30.0 Å². The van der Waals surface area contributed by atoms with E-state index in [1.807, 2.05) is 34.9 Å². The van der Waals surface area contributed by atoms with Crippen LogP contribution in [0, 0.1) is 5.82 Å². The molecular weight excluding hydrogens is 488 g/mol. The Kier molecular flexibility index (Phi) is 10.4. The number of hydrogen-bond donors (Lipinski definition) is 3. The van der Waals surface area contributed by atoms with Crippen molar-refractivity contribution in [2.45, 2.75) is 63.3 Å². The van der Waals surface area contributed by atoms with Gasteiger partial charge in [0, 0.05) is 37.0 Å². The number of imidazole rings is 1. The summed E-state index contributed by atoms with van der Waals surface area (Å²) in [7, 11) is 0. The van der Waals surface area contributed by atoms with Crippen molar-refractivity contribution in [1.82, 2.24) is 14.9 Å². The molecule has 3 aromatic rings. The fourth-order valence-electron chi connectivity index (χ4n) is 4.30. The van der Waals surface area contributed by atoms with Crippen LogP contribution < -0.4 is 40.0 Å². The Morgan fingerprint density at radius 3 is 2.38 bits per heavy atom. The van der Waals surface area contributed by atoms with Gasteiger partial charge in [-0.1, -0.05) is 30.3 Å². The molecule has 2 atom stereocenters. The van der Waals surface area contributed by atoms with Crippen LogP contribution in [0.3, 0.4) is 0 Å². The molecule has 1 amide bonds. The van der Waals surface area contributed by atoms with Gasteiger partial charge in [-0.2, -0.15) is 0 Å². The standard InChI is InChI=1S/C27H30FN3O5.Na/c28-20-10-8-19(9-11-20)26-30-24(27(36)29-16-17-4-2-1-3-5-17)25(18-6-7-18)31(26)13-12-21(32)14-22(33)15-23(34)35;/h1-5,8-11,18,21-22,32-33H,6-7,12-16H2,(H,29,36)(H,34,35);/q;+1/p-1. The summed E-state index contributed by atoms with van der Waals surface area (Å²) in [6, 6.07) is 15.4. The maximum absolute atomic E-state index is 13.6. The van der Waals surface area contributed by atoms with Crippen LogP contribution in [-0.2, 0) is 17.9 Å². The van der Waals surface area contributed by atoms with Crippen molar-refractivity contribution in [3.05, 3.63) is 77.4 Å². The van der Waals surface area contributed by atoms with E-state index in [-0.39, 0.29) is 60.8 Å². The summed E-state index contributed by atoms with van der Waals surface area (Å²) >= 11 is 0. The van der Waals surface area contributed by atoms with Crippen LogP contribution in [0.4, 0.5) is 4.39 Å². The first-order valence-corrected chi connectivity index (χ1v) is 12.1. The van der Waals surface area contributed by atoms with Crippen LogP contribution in [0.5, 0.6) is 0 Å². The van der Waals surface area contributed by atoms with Crippen LogP contribution in [0.2, 0.25) is 0 Å². The third-order valence-corrected chi connectivity index (χ3v) is 6.22. The molecule has 0 aliphatic heterocycles. The first-order valence-electron chi connectivity index (χ1n) is 12.1. The summed E-state index contributed by atoms with van der Waals surface area (Å²) in [6.45, 7) is 0.633. The van der Waals surface area contributed by atoms with E-state index < -0.39 is 30.4 Å². The van der Waals surface area contributed by atoms with Gasteiger partial charge in [0.05, 0.1) is 17.9 Å². The monoisotopic (exact) mass is 517 g/mol. The number of amides is 1. The molecule has 37 heavy (non-hydrogen) atoms. The number of carbonyl (C=O) groups is 2. The zero-order chi connectivity index (χ0) is 25.7. The summed E-state index contributed by atoms with van der Waals surface area (Å²) in [5, 5.41) is 33.9. The Bertz CT molecular complexity index is 1200. The maximum Gasteiger partial charge on any atom is 1.00 e. The quantitative estimate of drug-likeness (QED) is 0.269. The number of carboxylic acid groups (broad SMARTS) is 1.